The summed E-state index contributed by atoms with van der Waals surface area (Å²) in [5.41, 5.74) is 0. The highest BCUT2D eigenvalue weighted by Gasteiger charge is 1.95. The largest absolute Gasteiger partial charge is 0.391 e. The molecule has 1 N–H and O–H groups in total. The molecular weight excluding hydrogens is 118 g/mol. The van der Waals surface area contributed by atoms with Gasteiger partial charge in [0.15, 0.2) is 0 Å². The Hall–Kier alpha value is -0.900. The van der Waals surface area contributed by atoms with Gasteiger partial charge in [-0.1, -0.05) is 5.21 Å². The lowest BCUT2D eigenvalue weighted by Gasteiger charge is -2.00. The zero-order valence-corrected chi connectivity index (χ0v) is 5.23. The third-order valence-electron chi connectivity index (χ3n) is 0.923. The molecule has 0 aliphatic heterocycles. The Morgan fingerprint density at radius 3 is 3.00 bits per heavy atom. The van der Waals surface area contributed by atoms with Crippen LogP contribution in [0, 0.1) is 0 Å². The predicted molar refractivity (Wildman–Crippen MR) is 31.7 cm³/mol. The molecule has 0 saturated carbocycles. The van der Waals surface area contributed by atoms with Gasteiger partial charge in [0.05, 0.1) is 18.8 Å². The van der Waals surface area contributed by atoms with E-state index >= 15 is 0 Å². The molecule has 1 aromatic rings. The second-order valence-electron chi connectivity index (χ2n) is 1.97. The number of aliphatic hydroxyl groups is 1. The lowest BCUT2D eigenvalue weighted by molar-refractivity contribution is 0.167. The highest BCUT2D eigenvalue weighted by Crippen LogP contribution is 1.85. The van der Waals surface area contributed by atoms with Crippen LogP contribution in [0.25, 0.3) is 0 Å². The van der Waals surface area contributed by atoms with Crippen LogP contribution in [-0.2, 0) is 6.54 Å². The quantitative estimate of drug-likeness (QED) is 0.591. The Labute approximate surface area is 53.1 Å². The van der Waals surface area contributed by atoms with Crippen molar-refractivity contribution in [1.82, 2.24) is 15.0 Å². The van der Waals surface area contributed by atoms with Crippen molar-refractivity contribution in [3.63, 3.8) is 0 Å². The van der Waals surface area contributed by atoms with Crippen LogP contribution < -0.4 is 0 Å². The number of aromatic nitrogens is 3. The molecule has 0 fully saturated rings. The Morgan fingerprint density at radius 2 is 2.56 bits per heavy atom. The average molecular weight is 127 g/mol. The van der Waals surface area contributed by atoms with E-state index in [-0.39, 0.29) is 6.10 Å². The number of hydrogen-bond donors (Lipinski definition) is 1. The molecule has 0 saturated heterocycles. The minimum Gasteiger partial charge on any atom is -0.391 e. The molecule has 4 heteroatoms. The average Bonchev–Trinajstić information content (AvgIpc) is 2.15. The van der Waals surface area contributed by atoms with E-state index < -0.39 is 0 Å². The van der Waals surface area contributed by atoms with Crippen LogP contribution in [0.15, 0.2) is 12.4 Å². The van der Waals surface area contributed by atoms with Crippen molar-refractivity contribution in [2.45, 2.75) is 19.6 Å². The smallest absolute Gasteiger partial charge is 0.0708 e. The van der Waals surface area contributed by atoms with Gasteiger partial charge in [0.2, 0.25) is 0 Å². The Balaban J connectivity index is 2.48. The third-order valence-corrected chi connectivity index (χ3v) is 0.923. The minimum absolute atomic E-state index is 0.355. The van der Waals surface area contributed by atoms with Gasteiger partial charge in [-0.25, -0.2) is 4.68 Å². The van der Waals surface area contributed by atoms with Gasteiger partial charge in [0.1, 0.15) is 0 Å². The summed E-state index contributed by atoms with van der Waals surface area (Å²) in [7, 11) is 0. The first kappa shape index (κ1) is 6.22. The van der Waals surface area contributed by atoms with E-state index in [1.54, 1.807) is 24.0 Å². The van der Waals surface area contributed by atoms with E-state index in [1.807, 2.05) is 0 Å². The van der Waals surface area contributed by atoms with E-state index in [0.29, 0.717) is 6.54 Å². The minimum atomic E-state index is -0.355. The molecule has 1 unspecified atom stereocenters. The molecule has 0 radical (unpaired) electrons. The molecule has 1 aromatic heterocycles. The van der Waals surface area contributed by atoms with Crippen molar-refractivity contribution in [2.75, 3.05) is 0 Å². The molecule has 9 heavy (non-hydrogen) atoms. The van der Waals surface area contributed by atoms with Crippen LogP contribution in [0.3, 0.4) is 0 Å². The van der Waals surface area contributed by atoms with E-state index in [2.05, 4.69) is 10.3 Å². The second kappa shape index (κ2) is 2.59. The molecule has 1 rings (SSSR count). The van der Waals surface area contributed by atoms with Gasteiger partial charge in [0.25, 0.3) is 0 Å². The van der Waals surface area contributed by atoms with Crippen LogP contribution in [0.1, 0.15) is 6.92 Å². The second-order valence-corrected chi connectivity index (χ2v) is 1.97. The summed E-state index contributed by atoms with van der Waals surface area (Å²) in [5.74, 6) is 0. The van der Waals surface area contributed by atoms with Gasteiger partial charge in [0, 0.05) is 6.20 Å². The fourth-order valence-corrected chi connectivity index (χ4v) is 0.601. The number of aliphatic hydroxyl groups excluding tert-OH is 1. The first-order chi connectivity index (χ1) is 4.29. The van der Waals surface area contributed by atoms with Crippen LogP contribution in [0.2, 0.25) is 0 Å². The van der Waals surface area contributed by atoms with E-state index in [0.717, 1.165) is 0 Å². The Kier molecular flexibility index (Phi) is 1.79. The van der Waals surface area contributed by atoms with E-state index in [9.17, 15) is 0 Å². The molecule has 50 valence electrons. The summed E-state index contributed by atoms with van der Waals surface area (Å²) in [4.78, 5) is 0. The van der Waals surface area contributed by atoms with Crippen molar-refractivity contribution in [2.24, 2.45) is 0 Å². The molecule has 1 heterocycles. The maximum Gasteiger partial charge on any atom is 0.0708 e. The zero-order chi connectivity index (χ0) is 6.69. The molecule has 0 amide bonds. The van der Waals surface area contributed by atoms with Crippen LogP contribution in [0.4, 0.5) is 0 Å². The lowest BCUT2D eigenvalue weighted by atomic mass is 10.4. The van der Waals surface area contributed by atoms with Gasteiger partial charge >= 0.3 is 0 Å². The van der Waals surface area contributed by atoms with Crippen molar-refractivity contribution < 1.29 is 5.11 Å². The standard InChI is InChI=1S/C5H9N3O/c1-5(9)4-8-3-2-6-7-8/h2-3,5,9H,4H2,1H3. The lowest BCUT2D eigenvalue weighted by Crippen LogP contribution is -2.11. The summed E-state index contributed by atoms with van der Waals surface area (Å²) >= 11 is 0. The zero-order valence-electron chi connectivity index (χ0n) is 5.23. The van der Waals surface area contributed by atoms with Crippen LogP contribution >= 0.6 is 0 Å². The normalized spacial score (nSPS) is 13.6. The SMILES string of the molecule is CC(O)Cn1ccnn1. The topological polar surface area (TPSA) is 50.9 Å². The number of nitrogens with zero attached hydrogens (tertiary/aromatic N) is 3. The van der Waals surface area contributed by atoms with E-state index in [1.165, 1.54) is 0 Å². The van der Waals surface area contributed by atoms with Gasteiger partial charge in [-0.15, -0.1) is 5.10 Å². The molecule has 0 aromatic carbocycles. The number of rotatable bonds is 2. The molecule has 0 aliphatic carbocycles. The van der Waals surface area contributed by atoms with Gasteiger partial charge in [-0.3, -0.25) is 0 Å². The molecule has 4 nitrogen and oxygen atoms in total. The summed E-state index contributed by atoms with van der Waals surface area (Å²) in [6.45, 7) is 2.22. The van der Waals surface area contributed by atoms with Crippen molar-refractivity contribution in [3.8, 4) is 0 Å². The third kappa shape index (κ3) is 1.81. The summed E-state index contributed by atoms with van der Waals surface area (Å²) in [5, 5.41) is 16.1. The Bertz CT molecular complexity index is 159. The molecule has 1 atom stereocenters. The van der Waals surface area contributed by atoms with Gasteiger partial charge < -0.3 is 5.11 Å². The number of hydrogen-bond acceptors (Lipinski definition) is 3. The highest BCUT2D eigenvalue weighted by molar-refractivity contribution is 4.64. The molecule has 0 bridgehead atoms. The summed E-state index contributed by atoms with van der Waals surface area (Å²) in [6.07, 6.45) is 2.95. The maximum atomic E-state index is 8.84. The predicted octanol–water partition coefficient (Wildman–Crippen LogP) is -0.341. The molecule has 0 aliphatic rings. The van der Waals surface area contributed by atoms with Crippen LogP contribution in [0.5, 0.6) is 0 Å². The first-order valence-corrected chi connectivity index (χ1v) is 2.81. The van der Waals surface area contributed by atoms with E-state index in [4.69, 9.17) is 5.11 Å². The van der Waals surface area contributed by atoms with Gasteiger partial charge in [-0.05, 0) is 6.92 Å². The summed E-state index contributed by atoms with van der Waals surface area (Å²) < 4.78 is 1.59. The van der Waals surface area contributed by atoms with Crippen molar-refractivity contribution >= 4 is 0 Å². The van der Waals surface area contributed by atoms with Crippen LogP contribution in [-0.4, -0.2) is 26.2 Å². The summed E-state index contributed by atoms with van der Waals surface area (Å²) in [6, 6.07) is 0. The van der Waals surface area contributed by atoms with Crippen molar-refractivity contribution in [3.05, 3.63) is 12.4 Å². The Morgan fingerprint density at radius 1 is 1.78 bits per heavy atom. The monoisotopic (exact) mass is 127 g/mol. The molecular formula is C5H9N3O. The fraction of sp³-hybridized carbons (Fsp3) is 0.600. The first-order valence-electron chi connectivity index (χ1n) is 2.81. The molecule has 0 spiro atoms. The highest BCUT2D eigenvalue weighted by atomic mass is 16.3. The fourth-order valence-electron chi connectivity index (χ4n) is 0.601. The maximum absolute atomic E-state index is 8.84. The van der Waals surface area contributed by atoms with Gasteiger partial charge in [-0.2, -0.15) is 0 Å². The van der Waals surface area contributed by atoms with Crippen molar-refractivity contribution in [1.29, 1.82) is 0 Å².